The van der Waals surface area contributed by atoms with Gasteiger partial charge >= 0.3 is 12.1 Å². The average molecular weight is 541 g/mol. The van der Waals surface area contributed by atoms with Crippen molar-refractivity contribution in [3.05, 3.63) is 45.9 Å². The molecule has 0 atom stereocenters. The van der Waals surface area contributed by atoms with Crippen LogP contribution in [-0.4, -0.2) is 62.8 Å². The number of ether oxygens (including phenoxy) is 4. The summed E-state index contributed by atoms with van der Waals surface area (Å²) in [5, 5.41) is -0.0285. The van der Waals surface area contributed by atoms with Crippen LogP contribution in [0.3, 0.4) is 0 Å². The summed E-state index contributed by atoms with van der Waals surface area (Å²) in [4.78, 5) is 40.2. The van der Waals surface area contributed by atoms with E-state index in [4.69, 9.17) is 42.1 Å². The van der Waals surface area contributed by atoms with Crippen molar-refractivity contribution >= 4 is 46.9 Å². The third-order valence-corrected chi connectivity index (χ3v) is 5.93. The first-order chi connectivity index (χ1) is 17.2. The first-order valence-electron chi connectivity index (χ1n) is 11.4. The minimum Gasteiger partial charge on any atom is -0.496 e. The van der Waals surface area contributed by atoms with Crippen LogP contribution in [0.4, 0.5) is 10.5 Å². The number of carbonyl (C=O) groups excluding carboxylic acids is 3. The molecule has 0 unspecified atom stereocenters. The third-order valence-electron chi connectivity index (χ3n) is 5.08. The number of nitrogens with zero attached hydrogens (tertiary/aromatic N) is 2. The number of esters is 1. The zero-order chi connectivity index (χ0) is 26.8. The normalized spacial score (nSPS) is 10.4. The quantitative estimate of drug-likeness (QED) is 0.332. The first kappa shape index (κ1) is 29.1. The lowest BCUT2D eigenvalue weighted by atomic mass is 10.1. The van der Waals surface area contributed by atoms with Crippen molar-refractivity contribution in [1.29, 1.82) is 0 Å². The number of hydrogen-bond donors (Lipinski definition) is 0. The van der Waals surface area contributed by atoms with Crippen LogP contribution in [0.5, 0.6) is 17.2 Å². The lowest BCUT2D eigenvalue weighted by Gasteiger charge is -2.23. The highest BCUT2D eigenvalue weighted by Crippen LogP contribution is 2.41. The number of hydrogen-bond acceptors (Lipinski definition) is 7. The monoisotopic (exact) mass is 540 g/mol. The highest BCUT2D eigenvalue weighted by molar-refractivity contribution is 6.45. The van der Waals surface area contributed by atoms with Crippen molar-refractivity contribution in [3.63, 3.8) is 0 Å². The zero-order valence-corrected chi connectivity index (χ0v) is 22.4. The molecule has 2 aromatic rings. The zero-order valence-electron chi connectivity index (χ0n) is 20.9. The summed E-state index contributed by atoms with van der Waals surface area (Å²) in [5.41, 5.74) is 0.480. The molecule has 0 bridgehead atoms. The number of methoxy groups -OCH3 is 1. The number of anilines is 1. The van der Waals surface area contributed by atoms with Gasteiger partial charge in [-0.3, -0.25) is 14.5 Å². The summed E-state index contributed by atoms with van der Waals surface area (Å²) in [5.74, 6) is 0.0675. The maximum atomic E-state index is 12.9. The summed E-state index contributed by atoms with van der Waals surface area (Å²) >= 11 is 13.0. The molecule has 2 amide bonds. The standard InChI is InChI=1S/C25H30Cl2N2O7/c1-6-28(7-2)24(31)17-14-16(10-12-19(17)33-5)36-20-13-11-18(22(26)23(20)27)29(25(32)35-9-4)15-21(30)34-8-3/h10-14H,6-9,15H2,1-5H3. The fourth-order valence-electron chi connectivity index (χ4n) is 3.32. The van der Waals surface area contributed by atoms with Gasteiger partial charge in [0.1, 0.15) is 28.8 Å². The van der Waals surface area contributed by atoms with Crippen LogP contribution in [0.2, 0.25) is 10.0 Å². The second kappa shape index (κ2) is 13.8. The van der Waals surface area contributed by atoms with E-state index >= 15 is 0 Å². The largest absolute Gasteiger partial charge is 0.496 e. The van der Waals surface area contributed by atoms with Gasteiger partial charge in [0.25, 0.3) is 5.91 Å². The van der Waals surface area contributed by atoms with E-state index in [0.29, 0.717) is 30.2 Å². The Bertz CT molecular complexity index is 1090. The molecule has 2 rings (SSSR count). The summed E-state index contributed by atoms with van der Waals surface area (Å²) in [7, 11) is 1.48. The summed E-state index contributed by atoms with van der Waals surface area (Å²) < 4.78 is 21.3. The Hall–Kier alpha value is -3.17. The molecule has 0 aliphatic rings. The van der Waals surface area contributed by atoms with Crippen LogP contribution in [0, 0.1) is 0 Å². The van der Waals surface area contributed by atoms with Crippen LogP contribution in [0.25, 0.3) is 0 Å². The van der Waals surface area contributed by atoms with Gasteiger partial charge < -0.3 is 23.8 Å². The Morgan fingerprint density at radius 1 is 0.861 bits per heavy atom. The number of halogens is 2. The molecular weight excluding hydrogens is 511 g/mol. The Morgan fingerprint density at radius 2 is 1.50 bits per heavy atom. The minimum absolute atomic E-state index is 0.000221. The van der Waals surface area contributed by atoms with Gasteiger partial charge in [-0.25, -0.2) is 4.79 Å². The molecule has 0 radical (unpaired) electrons. The van der Waals surface area contributed by atoms with E-state index in [2.05, 4.69) is 0 Å². The molecule has 0 aromatic heterocycles. The van der Waals surface area contributed by atoms with Crippen LogP contribution >= 0.6 is 23.2 Å². The molecule has 2 aromatic carbocycles. The minimum atomic E-state index is -0.785. The average Bonchev–Trinajstić information content (AvgIpc) is 2.86. The van der Waals surface area contributed by atoms with Crippen molar-refractivity contribution in [3.8, 4) is 17.2 Å². The smallest absolute Gasteiger partial charge is 0.414 e. The number of carbonyl (C=O) groups is 3. The Morgan fingerprint density at radius 3 is 2.08 bits per heavy atom. The van der Waals surface area contributed by atoms with Gasteiger partial charge in [0.05, 0.1) is 36.6 Å². The lowest BCUT2D eigenvalue weighted by molar-refractivity contribution is -0.141. The van der Waals surface area contributed by atoms with Gasteiger partial charge in [0.15, 0.2) is 0 Å². The van der Waals surface area contributed by atoms with E-state index in [0.717, 1.165) is 4.90 Å². The highest BCUT2D eigenvalue weighted by Gasteiger charge is 2.26. The van der Waals surface area contributed by atoms with Gasteiger partial charge in [-0.05, 0) is 58.0 Å². The number of amides is 2. The summed E-state index contributed by atoms with van der Waals surface area (Å²) in [6, 6.07) is 7.78. The maximum Gasteiger partial charge on any atom is 0.414 e. The first-order valence-corrected chi connectivity index (χ1v) is 12.2. The lowest BCUT2D eigenvalue weighted by Crippen LogP contribution is -2.37. The van der Waals surface area contributed by atoms with Crippen molar-refractivity contribution in [1.82, 2.24) is 4.90 Å². The number of rotatable bonds is 11. The van der Waals surface area contributed by atoms with Gasteiger partial charge in [0.2, 0.25) is 0 Å². The fraction of sp³-hybridized carbons (Fsp3) is 0.400. The fourth-order valence-corrected chi connectivity index (χ4v) is 3.78. The molecule has 11 heteroatoms. The van der Waals surface area contributed by atoms with Gasteiger partial charge in [-0.2, -0.15) is 0 Å². The molecule has 0 saturated heterocycles. The van der Waals surface area contributed by atoms with Crippen molar-refractivity contribution in [2.45, 2.75) is 27.7 Å². The molecule has 0 aliphatic carbocycles. The van der Waals surface area contributed by atoms with E-state index in [1.807, 2.05) is 13.8 Å². The molecule has 0 N–H and O–H groups in total. The Kier molecular flexibility index (Phi) is 11.1. The molecule has 9 nitrogen and oxygen atoms in total. The Balaban J connectivity index is 2.42. The molecular formula is C25H30Cl2N2O7. The van der Waals surface area contributed by atoms with Crippen LogP contribution in [0.1, 0.15) is 38.1 Å². The van der Waals surface area contributed by atoms with Crippen molar-refractivity contribution < 1.29 is 33.3 Å². The summed E-state index contributed by atoms with van der Waals surface area (Å²) in [6.45, 7) is 7.97. The molecule has 0 fully saturated rings. The Labute approximate surface area is 220 Å². The molecule has 196 valence electrons. The maximum absolute atomic E-state index is 12.9. The second-order valence-electron chi connectivity index (χ2n) is 7.24. The van der Waals surface area contributed by atoms with E-state index in [1.165, 1.54) is 19.2 Å². The van der Waals surface area contributed by atoms with Crippen molar-refractivity contribution in [2.75, 3.05) is 44.9 Å². The second-order valence-corrected chi connectivity index (χ2v) is 8.00. The molecule has 0 aliphatic heterocycles. The van der Waals surface area contributed by atoms with Crippen LogP contribution in [0.15, 0.2) is 30.3 Å². The van der Waals surface area contributed by atoms with Gasteiger partial charge in [-0.1, -0.05) is 23.2 Å². The molecule has 0 heterocycles. The van der Waals surface area contributed by atoms with Gasteiger partial charge in [-0.15, -0.1) is 0 Å². The molecule has 0 saturated carbocycles. The third kappa shape index (κ3) is 6.95. The van der Waals surface area contributed by atoms with E-state index in [1.54, 1.807) is 36.9 Å². The molecule has 36 heavy (non-hydrogen) atoms. The van der Waals surface area contributed by atoms with E-state index in [-0.39, 0.29) is 40.6 Å². The molecule has 0 spiro atoms. The highest BCUT2D eigenvalue weighted by atomic mass is 35.5. The van der Waals surface area contributed by atoms with E-state index in [9.17, 15) is 14.4 Å². The predicted molar refractivity (Wildman–Crippen MR) is 138 cm³/mol. The van der Waals surface area contributed by atoms with Crippen LogP contribution < -0.4 is 14.4 Å². The summed E-state index contributed by atoms with van der Waals surface area (Å²) in [6.07, 6.45) is -0.785. The van der Waals surface area contributed by atoms with Crippen molar-refractivity contribution in [2.24, 2.45) is 0 Å². The van der Waals surface area contributed by atoms with E-state index < -0.39 is 18.6 Å². The van der Waals surface area contributed by atoms with Crippen LogP contribution in [-0.2, 0) is 14.3 Å². The number of benzene rings is 2. The topological polar surface area (TPSA) is 94.6 Å². The van der Waals surface area contributed by atoms with Gasteiger partial charge in [0, 0.05) is 13.1 Å². The predicted octanol–water partition coefficient (Wildman–Crippen LogP) is 5.80. The SMILES string of the molecule is CCOC(=O)CN(C(=O)OCC)c1ccc(Oc2ccc(OC)c(C(=O)N(CC)CC)c2)c(Cl)c1Cl.